The molecule has 2 heterocycles. The van der Waals surface area contributed by atoms with Gasteiger partial charge in [0, 0.05) is 37.3 Å². The van der Waals surface area contributed by atoms with Crippen LogP contribution in [0.1, 0.15) is 18.1 Å². The number of aryl methyl sites for hydroxylation is 1. The van der Waals surface area contributed by atoms with E-state index in [0.717, 1.165) is 5.56 Å². The maximum atomic E-state index is 13.3. The Balaban J connectivity index is 1.45. The molecular formula is C22H24ClN3O5S. The molecule has 2 amide bonds. The van der Waals surface area contributed by atoms with Crippen LogP contribution in [0, 0.1) is 6.92 Å². The third-order valence-corrected chi connectivity index (χ3v) is 7.98. The number of benzene rings is 2. The van der Waals surface area contributed by atoms with Gasteiger partial charge in [0.05, 0.1) is 17.0 Å². The molecular weight excluding hydrogens is 454 g/mol. The van der Waals surface area contributed by atoms with Crippen molar-refractivity contribution >= 4 is 39.1 Å². The van der Waals surface area contributed by atoms with Crippen LogP contribution in [0.4, 0.5) is 5.69 Å². The highest BCUT2D eigenvalue weighted by Gasteiger charge is 2.33. The van der Waals surface area contributed by atoms with Crippen LogP contribution >= 0.6 is 11.6 Å². The Bertz CT molecular complexity index is 1160. The van der Waals surface area contributed by atoms with Gasteiger partial charge in [0.15, 0.2) is 6.10 Å². The number of carbonyl (C=O) groups excluding carboxylic acids is 2. The average Bonchev–Trinajstić information content (AvgIpc) is 2.76. The number of piperazine rings is 1. The molecule has 4 rings (SSSR count). The third-order valence-electron chi connectivity index (χ3n) is 5.69. The van der Waals surface area contributed by atoms with Crippen molar-refractivity contribution in [1.29, 1.82) is 0 Å². The van der Waals surface area contributed by atoms with E-state index in [1.807, 2.05) is 12.1 Å². The van der Waals surface area contributed by atoms with E-state index in [0.29, 0.717) is 35.1 Å². The Morgan fingerprint density at radius 3 is 2.47 bits per heavy atom. The maximum Gasteiger partial charge on any atom is 0.265 e. The van der Waals surface area contributed by atoms with Crippen LogP contribution in [0.15, 0.2) is 41.3 Å². The van der Waals surface area contributed by atoms with Crippen LogP contribution in [0.2, 0.25) is 5.02 Å². The fourth-order valence-electron chi connectivity index (χ4n) is 3.83. The van der Waals surface area contributed by atoms with Gasteiger partial charge < -0.3 is 15.0 Å². The van der Waals surface area contributed by atoms with Crippen molar-refractivity contribution in [1.82, 2.24) is 9.21 Å². The number of fused-ring (bicyclic) bond motifs is 1. The van der Waals surface area contributed by atoms with Gasteiger partial charge in [-0.2, -0.15) is 4.31 Å². The summed E-state index contributed by atoms with van der Waals surface area (Å²) in [5.74, 6) is 0.0115. The molecule has 1 unspecified atom stereocenters. The second kappa shape index (κ2) is 8.73. The molecule has 2 aromatic rings. The lowest BCUT2D eigenvalue weighted by atomic mass is 10.1. The smallest absolute Gasteiger partial charge is 0.265 e. The van der Waals surface area contributed by atoms with Gasteiger partial charge in [-0.05, 0) is 43.2 Å². The summed E-state index contributed by atoms with van der Waals surface area (Å²) in [5, 5.41) is 3.34. The maximum absolute atomic E-state index is 13.3. The van der Waals surface area contributed by atoms with E-state index < -0.39 is 16.1 Å². The van der Waals surface area contributed by atoms with E-state index in [2.05, 4.69) is 5.32 Å². The Morgan fingerprint density at radius 1 is 1.16 bits per heavy atom. The highest BCUT2D eigenvalue weighted by atomic mass is 35.5. The van der Waals surface area contributed by atoms with Crippen molar-refractivity contribution < 1.29 is 22.7 Å². The minimum absolute atomic E-state index is 0.0486. The lowest BCUT2D eigenvalue weighted by Gasteiger charge is -2.34. The number of rotatable bonds is 4. The number of hydrogen-bond acceptors (Lipinski definition) is 5. The predicted octanol–water partition coefficient (Wildman–Crippen LogP) is 2.44. The zero-order valence-electron chi connectivity index (χ0n) is 17.8. The van der Waals surface area contributed by atoms with E-state index in [4.69, 9.17) is 16.3 Å². The number of anilines is 1. The summed E-state index contributed by atoms with van der Waals surface area (Å²) < 4.78 is 33.6. The fraction of sp³-hybridized carbons (Fsp3) is 0.364. The molecule has 0 saturated carbocycles. The normalized spacial score (nSPS) is 19.2. The first kappa shape index (κ1) is 22.6. The van der Waals surface area contributed by atoms with Gasteiger partial charge in [-0.25, -0.2) is 8.42 Å². The molecule has 32 heavy (non-hydrogen) atoms. The van der Waals surface area contributed by atoms with Crippen molar-refractivity contribution in [3.63, 3.8) is 0 Å². The SMILES string of the molecule is Cc1cc2c(cc1S(=O)(=O)N1CCN(C(=O)Cc3ccc(Cl)cc3)CC1)OC(C)C(=O)N2. The molecule has 2 aliphatic heterocycles. The average molecular weight is 478 g/mol. The first-order valence-electron chi connectivity index (χ1n) is 10.3. The van der Waals surface area contributed by atoms with Crippen LogP contribution in [-0.4, -0.2) is 61.7 Å². The molecule has 0 spiro atoms. The number of sulfonamides is 1. The Labute approximate surface area is 192 Å². The first-order valence-corrected chi connectivity index (χ1v) is 12.1. The summed E-state index contributed by atoms with van der Waals surface area (Å²) in [6.07, 6.45) is -0.453. The number of halogens is 1. The number of hydrogen-bond donors (Lipinski definition) is 1. The molecule has 1 saturated heterocycles. The number of nitrogens with zero attached hydrogens (tertiary/aromatic N) is 2. The van der Waals surface area contributed by atoms with Crippen molar-refractivity contribution in [2.45, 2.75) is 31.3 Å². The number of ether oxygens (including phenoxy) is 1. The van der Waals surface area contributed by atoms with E-state index in [1.54, 1.807) is 36.9 Å². The number of nitrogens with one attached hydrogen (secondary N) is 1. The number of carbonyl (C=O) groups is 2. The molecule has 1 atom stereocenters. The minimum Gasteiger partial charge on any atom is -0.479 e. The van der Waals surface area contributed by atoms with Crippen molar-refractivity contribution in [3.05, 3.63) is 52.5 Å². The Hall–Kier alpha value is -2.62. The summed E-state index contributed by atoms with van der Waals surface area (Å²) in [5.41, 5.74) is 1.84. The van der Waals surface area contributed by atoms with Gasteiger partial charge in [0.25, 0.3) is 5.91 Å². The molecule has 8 nitrogen and oxygen atoms in total. The topological polar surface area (TPSA) is 96.0 Å². The summed E-state index contributed by atoms with van der Waals surface area (Å²) in [6, 6.07) is 10.2. The standard InChI is InChI=1S/C22H24ClN3O5S/c1-14-11-18-19(31-15(2)22(28)24-18)13-20(14)32(29,30)26-9-7-25(8-10-26)21(27)12-16-3-5-17(23)6-4-16/h3-6,11,13,15H,7-10,12H2,1-2H3,(H,24,28). The van der Waals surface area contributed by atoms with E-state index >= 15 is 0 Å². The summed E-state index contributed by atoms with van der Waals surface area (Å²) in [7, 11) is -3.78. The molecule has 1 fully saturated rings. The van der Waals surface area contributed by atoms with Gasteiger partial charge in [0.2, 0.25) is 15.9 Å². The number of amides is 2. The molecule has 0 radical (unpaired) electrons. The molecule has 2 aliphatic rings. The highest BCUT2D eigenvalue weighted by molar-refractivity contribution is 7.89. The largest absolute Gasteiger partial charge is 0.479 e. The monoisotopic (exact) mass is 477 g/mol. The zero-order valence-corrected chi connectivity index (χ0v) is 19.4. The van der Waals surface area contributed by atoms with Crippen LogP contribution in [0.5, 0.6) is 5.75 Å². The third kappa shape index (κ3) is 4.46. The van der Waals surface area contributed by atoms with Crippen molar-refractivity contribution in [3.8, 4) is 5.75 Å². The minimum atomic E-state index is -3.78. The van der Waals surface area contributed by atoms with E-state index in [1.165, 1.54) is 10.4 Å². The van der Waals surface area contributed by atoms with Crippen molar-refractivity contribution in [2.24, 2.45) is 0 Å². The van der Waals surface area contributed by atoms with E-state index in [9.17, 15) is 18.0 Å². The zero-order chi connectivity index (χ0) is 23.0. The fourth-order valence-corrected chi connectivity index (χ4v) is 5.60. The molecule has 10 heteroatoms. The van der Waals surface area contributed by atoms with Crippen LogP contribution in [0.3, 0.4) is 0 Å². The van der Waals surface area contributed by atoms with Gasteiger partial charge in [-0.3, -0.25) is 9.59 Å². The summed E-state index contributed by atoms with van der Waals surface area (Å²) in [4.78, 5) is 26.3. The molecule has 0 aliphatic carbocycles. The van der Waals surface area contributed by atoms with Gasteiger partial charge in [-0.1, -0.05) is 23.7 Å². The lowest BCUT2D eigenvalue weighted by Crippen LogP contribution is -2.51. The van der Waals surface area contributed by atoms with Gasteiger partial charge in [-0.15, -0.1) is 0 Å². The summed E-state index contributed by atoms with van der Waals surface area (Å²) in [6.45, 7) is 4.34. The molecule has 170 valence electrons. The molecule has 0 bridgehead atoms. The highest BCUT2D eigenvalue weighted by Crippen LogP contribution is 2.35. The molecule has 2 aromatic carbocycles. The predicted molar refractivity (Wildman–Crippen MR) is 120 cm³/mol. The Morgan fingerprint density at radius 2 is 1.81 bits per heavy atom. The van der Waals surface area contributed by atoms with Crippen LogP contribution in [-0.2, 0) is 26.0 Å². The quantitative estimate of drug-likeness (QED) is 0.729. The van der Waals surface area contributed by atoms with Crippen LogP contribution in [0.25, 0.3) is 0 Å². The van der Waals surface area contributed by atoms with Gasteiger partial charge >= 0.3 is 0 Å². The van der Waals surface area contributed by atoms with Crippen molar-refractivity contribution in [2.75, 3.05) is 31.5 Å². The van der Waals surface area contributed by atoms with Gasteiger partial charge in [0.1, 0.15) is 5.75 Å². The second-order valence-electron chi connectivity index (χ2n) is 7.95. The van der Waals surface area contributed by atoms with Crippen LogP contribution < -0.4 is 10.1 Å². The lowest BCUT2D eigenvalue weighted by molar-refractivity contribution is -0.131. The first-order chi connectivity index (χ1) is 15.1. The Kier molecular flexibility index (Phi) is 6.15. The molecule has 0 aromatic heterocycles. The summed E-state index contributed by atoms with van der Waals surface area (Å²) >= 11 is 5.89. The molecule has 1 N–H and O–H groups in total. The second-order valence-corrected chi connectivity index (χ2v) is 10.3. The van der Waals surface area contributed by atoms with E-state index in [-0.39, 0.29) is 36.2 Å².